The zero-order valence-corrected chi connectivity index (χ0v) is 14.7. The Morgan fingerprint density at radius 1 is 1.35 bits per heavy atom. The van der Waals surface area contributed by atoms with Crippen LogP contribution in [0.1, 0.15) is 18.9 Å². The van der Waals surface area contributed by atoms with Crippen LogP contribution in [-0.2, 0) is 4.79 Å². The van der Waals surface area contributed by atoms with Gasteiger partial charge in [-0.1, -0.05) is 46.6 Å². The van der Waals surface area contributed by atoms with Gasteiger partial charge in [0.1, 0.15) is 0 Å². The van der Waals surface area contributed by atoms with Gasteiger partial charge in [-0.15, -0.1) is 5.10 Å². The van der Waals surface area contributed by atoms with Crippen LogP contribution in [0.3, 0.4) is 0 Å². The molecule has 0 saturated heterocycles. The first-order valence-electron chi connectivity index (χ1n) is 6.70. The van der Waals surface area contributed by atoms with E-state index in [0.717, 1.165) is 12.8 Å². The highest BCUT2D eigenvalue weighted by Crippen LogP contribution is 2.36. The summed E-state index contributed by atoms with van der Waals surface area (Å²) in [5, 5.41) is 10.4. The molecule has 0 spiro atoms. The summed E-state index contributed by atoms with van der Waals surface area (Å²) in [6.45, 7) is 0. The fraction of sp³-hybridized carbons (Fsp3) is 0.308. The minimum Gasteiger partial charge on any atom is -0.323 e. The van der Waals surface area contributed by atoms with Gasteiger partial charge in [-0.3, -0.25) is 9.36 Å². The Morgan fingerprint density at radius 2 is 2.00 bits per heavy atom. The number of aromatic amines is 1. The van der Waals surface area contributed by atoms with Gasteiger partial charge in [0.15, 0.2) is 5.16 Å². The Kier molecular flexibility index (Phi) is 4.91. The molecule has 1 saturated carbocycles. The van der Waals surface area contributed by atoms with Gasteiger partial charge >= 0.3 is 5.69 Å². The molecule has 3 rings (SSSR count). The van der Waals surface area contributed by atoms with E-state index in [1.54, 1.807) is 4.57 Å². The lowest BCUT2D eigenvalue weighted by Crippen LogP contribution is -2.18. The molecule has 1 aromatic carbocycles. The van der Waals surface area contributed by atoms with E-state index >= 15 is 0 Å². The molecule has 0 atom stereocenters. The molecule has 23 heavy (non-hydrogen) atoms. The van der Waals surface area contributed by atoms with Gasteiger partial charge in [0, 0.05) is 11.1 Å². The van der Waals surface area contributed by atoms with Crippen molar-refractivity contribution in [1.82, 2.24) is 14.8 Å². The summed E-state index contributed by atoms with van der Waals surface area (Å²) in [4.78, 5) is 23.7. The van der Waals surface area contributed by atoms with Crippen molar-refractivity contribution in [3.8, 4) is 0 Å². The number of aromatic nitrogens is 3. The second-order valence-corrected chi connectivity index (χ2v) is 7.19. The van der Waals surface area contributed by atoms with Crippen molar-refractivity contribution < 1.29 is 4.79 Å². The van der Waals surface area contributed by atoms with E-state index in [9.17, 15) is 9.59 Å². The summed E-state index contributed by atoms with van der Waals surface area (Å²) >= 11 is 19.0. The van der Waals surface area contributed by atoms with Gasteiger partial charge in [0.25, 0.3) is 0 Å². The third-order valence-corrected chi connectivity index (χ3v) is 4.95. The van der Waals surface area contributed by atoms with Gasteiger partial charge < -0.3 is 5.32 Å². The molecule has 1 fully saturated rings. The SMILES string of the molecule is O=C(CSc1n[nH]c(=O)n1C1CC1)Nc1c(Cl)cc(Cl)cc1Cl. The number of halogens is 3. The number of hydrogen-bond acceptors (Lipinski definition) is 4. The van der Waals surface area contributed by atoms with E-state index in [2.05, 4.69) is 15.5 Å². The number of thioether (sulfide) groups is 1. The number of rotatable bonds is 5. The quantitative estimate of drug-likeness (QED) is 0.761. The monoisotopic (exact) mass is 392 g/mol. The molecule has 2 aromatic rings. The number of hydrogen-bond donors (Lipinski definition) is 2. The molecule has 0 aliphatic heterocycles. The maximum Gasteiger partial charge on any atom is 0.344 e. The average molecular weight is 394 g/mol. The number of carbonyl (C=O) groups is 1. The second kappa shape index (κ2) is 6.76. The summed E-state index contributed by atoms with van der Waals surface area (Å²) < 4.78 is 1.58. The minimum absolute atomic E-state index is 0.0757. The van der Waals surface area contributed by atoms with Gasteiger partial charge in [-0.05, 0) is 25.0 Å². The van der Waals surface area contributed by atoms with Crippen molar-refractivity contribution in [3.63, 3.8) is 0 Å². The molecule has 1 heterocycles. The van der Waals surface area contributed by atoms with Crippen LogP contribution >= 0.6 is 46.6 Å². The summed E-state index contributed by atoms with van der Waals surface area (Å²) in [6.07, 6.45) is 1.91. The molecule has 10 heteroatoms. The predicted molar refractivity (Wildman–Crippen MR) is 91.9 cm³/mol. The summed E-state index contributed by atoms with van der Waals surface area (Å²) in [7, 11) is 0. The molecular weight excluding hydrogens is 383 g/mol. The number of anilines is 1. The highest BCUT2D eigenvalue weighted by Gasteiger charge is 2.28. The molecule has 2 N–H and O–H groups in total. The van der Waals surface area contributed by atoms with Crippen LogP contribution < -0.4 is 11.0 Å². The van der Waals surface area contributed by atoms with Gasteiger partial charge in [0.05, 0.1) is 21.5 Å². The van der Waals surface area contributed by atoms with E-state index in [1.165, 1.54) is 23.9 Å². The lowest BCUT2D eigenvalue weighted by atomic mass is 10.3. The van der Waals surface area contributed by atoms with Crippen molar-refractivity contribution in [3.05, 3.63) is 37.7 Å². The first kappa shape index (κ1) is 16.7. The van der Waals surface area contributed by atoms with E-state index in [0.29, 0.717) is 15.9 Å². The number of nitrogens with zero attached hydrogens (tertiary/aromatic N) is 2. The van der Waals surface area contributed by atoms with Crippen LogP contribution in [-0.4, -0.2) is 26.4 Å². The smallest absolute Gasteiger partial charge is 0.323 e. The van der Waals surface area contributed by atoms with Crippen LogP contribution in [0.2, 0.25) is 15.1 Å². The predicted octanol–water partition coefficient (Wildman–Crippen LogP) is 3.60. The third kappa shape index (κ3) is 3.85. The van der Waals surface area contributed by atoms with Crippen LogP contribution in [0, 0.1) is 0 Å². The van der Waals surface area contributed by atoms with Gasteiger partial charge in [-0.2, -0.15) is 0 Å². The van der Waals surface area contributed by atoms with Crippen molar-refractivity contribution in [1.29, 1.82) is 0 Å². The van der Waals surface area contributed by atoms with E-state index in [-0.39, 0.29) is 33.4 Å². The summed E-state index contributed by atoms with van der Waals surface area (Å²) in [6, 6.07) is 3.18. The number of H-pyrrole nitrogens is 1. The molecular formula is C13H11Cl3N4O2S. The molecule has 1 aromatic heterocycles. The number of benzene rings is 1. The fourth-order valence-corrected chi connectivity index (χ4v) is 3.74. The van der Waals surface area contributed by atoms with Crippen molar-refractivity contribution in [2.75, 3.05) is 11.1 Å². The van der Waals surface area contributed by atoms with Gasteiger partial charge in [-0.25, -0.2) is 9.89 Å². The highest BCUT2D eigenvalue weighted by molar-refractivity contribution is 7.99. The Bertz CT molecular complexity index is 793. The lowest BCUT2D eigenvalue weighted by Gasteiger charge is -2.09. The highest BCUT2D eigenvalue weighted by atomic mass is 35.5. The third-order valence-electron chi connectivity index (χ3n) is 3.19. The van der Waals surface area contributed by atoms with Crippen molar-refractivity contribution in [2.24, 2.45) is 0 Å². The molecule has 122 valence electrons. The standard InChI is InChI=1S/C13H11Cl3N4O2S/c14-6-3-8(15)11(9(16)4-6)17-10(21)5-23-13-19-18-12(22)20(13)7-1-2-7/h3-4,7H,1-2,5H2,(H,17,21)(H,18,22). The Labute approximate surface area is 150 Å². The maximum absolute atomic E-state index is 12.1. The molecule has 0 bridgehead atoms. The maximum atomic E-state index is 12.1. The van der Waals surface area contributed by atoms with E-state index in [4.69, 9.17) is 34.8 Å². The Morgan fingerprint density at radius 3 is 2.61 bits per heavy atom. The van der Waals surface area contributed by atoms with E-state index < -0.39 is 0 Å². The van der Waals surface area contributed by atoms with Gasteiger partial charge in [0.2, 0.25) is 5.91 Å². The minimum atomic E-state index is -0.307. The first-order chi connectivity index (χ1) is 11.0. The zero-order chi connectivity index (χ0) is 16.6. The molecule has 1 aliphatic carbocycles. The number of carbonyl (C=O) groups excluding carboxylic acids is 1. The molecule has 0 radical (unpaired) electrons. The lowest BCUT2D eigenvalue weighted by molar-refractivity contribution is -0.113. The zero-order valence-electron chi connectivity index (χ0n) is 11.6. The molecule has 6 nitrogen and oxygen atoms in total. The molecule has 1 amide bonds. The number of amides is 1. The van der Waals surface area contributed by atoms with Crippen molar-refractivity contribution in [2.45, 2.75) is 24.0 Å². The van der Waals surface area contributed by atoms with Crippen LogP contribution in [0.5, 0.6) is 0 Å². The van der Waals surface area contributed by atoms with E-state index in [1.807, 2.05) is 0 Å². The fourth-order valence-electron chi connectivity index (χ4n) is 2.01. The first-order valence-corrected chi connectivity index (χ1v) is 8.81. The van der Waals surface area contributed by atoms with Crippen LogP contribution in [0.15, 0.2) is 22.1 Å². The Hall–Kier alpha value is -1.15. The normalized spacial score (nSPS) is 14.0. The largest absolute Gasteiger partial charge is 0.344 e. The van der Waals surface area contributed by atoms with Crippen LogP contribution in [0.25, 0.3) is 0 Å². The van der Waals surface area contributed by atoms with Crippen LogP contribution in [0.4, 0.5) is 5.69 Å². The molecule has 0 unspecified atom stereocenters. The summed E-state index contributed by atoms with van der Waals surface area (Å²) in [5.41, 5.74) is 0.0594. The average Bonchev–Trinajstić information content (AvgIpc) is 3.24. The van der Waals surface area contributed by atoms with Crippen molar-refractivity contribution >= 4 is 58.2 Å². The molecule has 1 aliphatic rings. The number of nitrogens with one attached hydrogen (secondary N) is 2. The summed E-state index contributed by atoms with van der Waals surface area (Å²) in [5.74, 6) is -0.231. The second-order valence-electron chi connectivity index (χ2n) is 4.99. The topological polar surface area (TPSA) is 79.8 Å². The Balaban J connectivity index is 1.66.